The Balaban J connectivity index is 1.82. The number of benzene rings is 1. The molecule has 0 aliphatic heterocycles. The molecule has 8 heteroatoms. The van der Waals surface area contributed by atoms with E-state index in [4.69, 9.17) is 0 Å². The lowest BCUT2D eigenvalue weighted by Gasteiger charge is -2.15. The van der Waals surface area contributed by atoms with Gasteiger partial charge in [0.05, 0.1) is 23.3 Å². The van der Waals surface area contributed by atoms with Crippen LogP contribution < -0.4 is 10.0 Å². The number of pyridine rings is 1. The van der Waals surface area contributed by atoms with Gasteiger partial charge in [0, 0.05) is 5.69 Å². The van der Waals surface area contributed by atoms with Crippen molar-refractivity contribution in [3.8, 4) is 0 Å². The van der Waals surface area contributed by atoms with Crippen molar-refractivity contribution in [2.45, 2.75) is 45.4 Å². The summed E-state index contributed by atoms with van der Waals surface area (Å²) in [6.07, 6.45) is 3.47. The Labute approximate surface area is 165 Å². The largest absolute Gasteiger partial charge is 0.354 e. The molecule has 148 valence electrons. The predicted octanol–water partition coefficient (Wildman–Crippen LogP) is 4.09. The molecule has 1 aromatic carbocycles. The van der Waals surface area contributed by atoms with Crippen LogP contribution >= 0.6 is 0 Å². The van der Waals surface area contributed by atoms with Crippen LogP contribution in [0, 0.1) is 13.8 Å². The average molecular weight is 400 g/mol. The van der Waals surface area contributed by atoms with Crippen molar-refractivity contribution in [3.05, 3.63) is 59.0 Å². The van der Waals surface area contributed by atoms with E-state index in [1.54, 1.807) is 26.1 Å². The molecule has 7 nitrogen and oxygen atoms in total. The average Bonchev–Trinajstić information content (AvgIpc) is 3.02. The number of sulfonamides is 1. The van der Waals surface area contributed by atoms with E-state index < -0.39 is 10.0 Å². The second-order valence-electron chi connectivity index (χ2n) is 6.58. The maximum Gasteiger partial charge on any atom is 0.266 e. The number of nitrogens with one attached hydrogen (secondary N) is 3. The molecule has 0 spiro atoms. The van der Waals surface area contributed by atoms with Crippen molar-refractivity contribution in [3.63, 3.8) is 0 Å². The summed E-state index contributed by atoms with van der Waals surface area (Å²) in [5.74, 6) is 0.255. The van der Waals surface area contributed by atoms with Crippen LogP contribution in [0.1, 0.15) is 36.4 Å². The maximum absolute atomic E-state index is 12.6. The highest BCUT2D eigenvalue weighted by Crippen LogP contribution is 2.27. The molecule has 0 amide bonds. The quantitative estimate of drug-likeness (QED) is 0.556. The third-order valence-electron chi connectivity index (χ3n) is 4.60. The number of para-hydroxylation sites is 1. The molecule has 2 aromatic heterocycles. The highest BCUT2D eigenvalue weighted by Gasteiger charge is 2.22. The number of hydrogen-bond donors (Lipinski definition) is 3. The van der Waals surface area contributed by atoms with E-state index in [1.165, 1.54) is 11.1 Å². The Kier molecular flexibility index (Phi) is 5.69. The van der Waals surface area contributed by atoms with Gasteiger partial charge in [0.15, 0.2) is 0 Å². The van der Waals surface area contributed by atoms with Gasteiger partial charge in [0.2, 0.25) is 0 Å². The summed E-state index contributed by atoms with van der Waals surface area (Å²) in [6.45, 7) is 7.56. The predicted molar refractivity (Wildman–Crippen MR) is 112 cm³/mol. The van der Waals surface area contributed by atoms with Crippen LogP contribution in [0.2, 0.25) is 0 Å². The molecule has 2 heterocycles. The van der Waals surface area contributed by atoms with E-state index in [-0.39, 0.29) is 10.7 Å². The van der Waals surface area contributed by atoms with E-state index in [0.717, 1.165) is 24.2 Å². The Bertz CT molecular complexity index is 1030. The van der Waals surface area contributed by atoms with Gasteiger partial charge < -0.3 is 5.32 Å². The second-order valence-corrected chi connectivity index (χ2v) is 8.20. The minimum atomic E-state index is -3.75. The highest BCUT2D eigenvalue weighted by atomic mass is 32.2. The fraction of sp³-hybridized carbons (Fsp3) is 0.300. The van der Waals surface area contributed by atoms with Crippen LogP contribution in [0.5, 0.6) is 0 Å². The Morgan fingerprint density at radius 3 is 2.21 bits per heavy atom. The minimum Gasteiger partial charge on any atom is -0.354 e. The van der Waals surface area contributed by atoms with Gasteiger partial charge >= 0.3 is 0 Å². The van der Waals surface area contributed by atoms with Crippen molar-refractivity contribution in [2.75, 3.05) is 10.0 Å². The molecule has 3 N–H and O–H groups in total. The zero-order valence-corrected chi connectivity index (χ0v) is 17.3. The molecule has 3 rings (SSSR count). The van der Waals surface area contributed by atoms with Gasteiger partial charge in [0.1, 0.15) is 10.7 Å². The molecule has 0 saturated heterocycles. The Morgan fingerprint density at radius 2 is 1.71 bits per heavy atom. The molecule has 3 aromatic rings. The smallest absolute Gasteiger partial charge is 0.266 e. The van der Waals surface area contributed by atoms with Gasteiger partial charge in [-0.2, -0.15) is 5.10 Å². The number of H-pyrrole nitrogens is 1. The van der Waals surface area contributed by atoms with Crippen LogP contribution in [0.4, 0.5) is 17.2 Å². The molecule has 0 bridgehead atoms. The topological polar surface area (TPSA) is 99.8 Å². The van der Waals surface area contributed by atoms with Crippen molar-refractivity contribution in [1.29, 1.82) is 0 Å². The van der Waals surface area contributed by atoms with E-state index in [0.29, 0.717) is 11.4 Å². The third kappa shape index (κ3) is 4.01. The van der Waals surface area contributed by atoms with Gasteiger partial charge in [-0.15, -0.1) is 0 Å². The lowest BCUT2D eigenvalue weighted by Crippen LogP contribution is -2.15. The van der Waals surface area contributed by atoms with Crippen molar-refractivity contribution >= 4 is 27.2 Å². The van der Waals surface area contributed by atoms with Gasteiger partial charge in [-0.25, -0.2) is 13.4 Å². The van der Waals surface area contributed by atoms with Crippen LogP contribution in [0.25, 0.3) is 0 Å². The Morgan fingerprint density at radius 1 is 1.04 bits per heavy atom. The van der Waals surface area contributed by atoms with Crippen LogP contribution in [0.15, 0.2) is 41.4 Å². The van der Waals surface area contributed by atoms with Gasteiger partial charge in [-0.1, -0.05) is 32.0 Å². The Hall–Kier alpha value is -2.87. The van der Waals surface area contributed by atoms with Gasteiger partial charge in [-0.05, 0) is 49.9 Å². The summed E-state index contributed by atoms with van der Waals surface area (Å²) in [5, 5.41) is 10.1. The van der Waals surface area contributed by atoms with E-state index >= 15 is 0 Å². The molecule has 0 atom stereocenters. The summed E-state index contributed by atoms with van der Waals surface area (Å²) in [5.41, 5.74) is 5.27. The highest BCUT2D eigenvalue weighted by molar-refractivity contribution is 7.92. The zero-order chi connectivity index (χ0) is 20.3. The third-order valence-corrected chi connectivity index (χ3v) is 6.22. The molecule has 0 fully saturated rings. The van der Waals surface area contributed by atoms with Crippen molar-refractivity contribution in [2.24, 2.45) is 0 Å². The lowest BCUT2D eigenvalue weighted by atomic mass is 10.0. The number of aromatic amines is 1. The fourth-order valence-electron chi connectivity index (χ4n) is 3.20. The second kappa shape index (κ2) is 8.02. The zero-order valence-electron chi connectivity index (χ0n) is 16.5. The minimum absolute atomic E-state index is 0.154. The monoisotopic (exact) mass is 399 g/mol. The number of nitrogens with zero attached hydrogens (tertiary/aromatic N) is 2. The summed E-state index contributed by atoms with van der Waals surface area (Å²) in [6, 6.07) is 9.73. The van der Waals surface area contributed by atoms with Crippen molar-refractivity contribution < 1.29 is 8.42 Å². The standard InChI is InChI=1S/C20H25N5O2S/c1-5-15-8-7-9-16(6-2)19(15)22-17-10-11-18(21-12-17)25-28(26,27)20-13(3)23-24-14(20)4/h7-12,22H,5-6H2,1-4H3,(H,21,25)(H,23,24). The van der Waals surface area contributed by atoms with E-state index in [2.05, 4.69) is 57.3 Å². The summed E-state index contributed by atoms with van der Waals surface area (Å²) in [4.78, 5) is 4.41. The molecule has 0 unspecified atom stereocenters. The van der Waals surface area contributed by atoms with Crippen LogP contribution in [0.3, 0.4) is 0 Å². The van der Waals surface area contributed by atoms with Crippen LogP contribution in [-0.2, 0) is 22.9 Å². The summed E-state index contributed by atoms with van der Waals surface area (Å²) in [7, 11) is -3.75. The molecular weight excluding hydrogens is 374 g/mol. The first-order chi connectivity index (χ1) is 13.4. The van der Waals surface area contributed by atoms with E-state index in [1.807, 2.05) is 6.07 Å². The SMILES string of the molecule is CCc1cccc(CC)c1Nc1ccc(NS(=O)(=O)c2c(C)n[nH]c2C)nc1. The summed E-state index contributed by atoms with van der Waals surface area (Å²) >= 11 is 0. The number of rotatable bonds is 7. The molecular formula is C20H25N5O2S. The molecule has 0 radical (unpaired) electrons. The molecule has 0 aliphatic carbocycles. The van der Waals surface area contributed by atoms with Crippen LogP contribution in [-0.4, -0.2) is 23.6 Å². The normalized spacial score (nSPS) is 11.4. The number of aryl methyl sites for hydroxylation is 4. The van der Waals surface area contributed by atoms with E-state index in [9.17, 15) is 8.42 Å². The summed E-state index contributed by atoms with van der Waals surface area (Å²) < 4.78 is 27.8. The first-order valence-electron chi connectivity index (χ1n) is 9.24. The first-order valence-corrected chi connectivity index (χ1v) is 10.7. The molecule has 0 aliphatic rings. The molecule has 28 heavy (non-hydrogen) atoms. The number of hydrogen-bond acceptors (Lipinski definition) is 5. The van der Waals surface area contributed by atoms with Gasteiger partial charge in [-0.3, -0.25) is 9.82 Å². The fourth-order valence-corrected chi connectivity index (χ4v) is 4.58. The number of anilines is 3. The van der Waals surface area contributed by atoms with Crippen molar-refractivity contribution in [1.82, 2.24) is 15.2 Å². The number of aromatic nitrogens is 3. The maximum atomic E-state index is 12.6. The first kappa shape index (κ1) is 19.9. The molecule has 0 saturated carbocycles. The van der Waals surface area contributed by atoms with Gasteiger partial charge in [0.25, 0.3) is 10.0 Å². The lowest BCUT2D eigenvalue weighted by molar-refractivity contribution is 0.600.